The molecule has 0 saturated carbocycles. The van der Waals surface area contributed by atoms with Crippen molar-refractivity contribution in [3.05, 3.63) is 94.0 Å². The van der Waals surface area contributed by atoms with Crippen LogP contribution in [-0.2, 0) is 12.7 Å². The molecule has 0 radical (unpaired) electrons. The summed E-state index contributed by atoms with van der Waals surface area (Å²) in [5.41, 5.74) is -1.33. The van der Waals surface area contributed by atoms with Crippen LogP contribution in [0.4, 0.5) is 34.1 Å². The standard InChI is InChI=1S/C26H23Cl2F3N4O3/c1-25(2)22(35(38)23(36)32-20-10-4-8-18(27)13-20)34(21-11-5-9-19(28)14-21)24(37)33(25)15-16-6-3-7-17(12-16)26(29,30)31/h3-14,22,38H,15H2,1-2H3,(H,32,36)/t22-/m1/s1. The first-order valence-electron chi connectivity index (χ1n) is 11.4. The minimum Gasteiger partial charge on any atom is -0.311 e. The van der Waals surface area contributed by atoms with E-state index < -0.39 is 35.5 Å². The Morgan fingerprint density at radius 2 is 1.66 bits per heavy atom. The minimum absolute atomic E-state index is 0.215. The summed E-state index contributed by atoms with van der Waals surface area (Å²) in [6.45, 7) is 2.99. The molecule has 0 bridgehead atoms. The maximum Gasteiger partial charge on any atom is 0.416 e. The Balaban J connectivity index is 1.72. The third kappa shape index (κ3) is 5.52. The predicted molar refractivity (Wildman–Crippen MR) is 138 cm³/mol. The number of hydrogen-bond acceptors (Lipinski definition) is 3. The fraction of sp³-hybridized carbons (Fsp3) is 0.231. The van der Waals surface area contributed by atoms with E-state index in [9.17, 15) is 28.0 Å². The number of alkyl halides is 3. The number of nitrogens with zero attached hydrogens (tertiary/aromatic N) is 3. The molecule has 1 atom stereocenters. The van der Waals surface area contributed by atoms with Gasteiger partial charge in [-0.2, -0.15) is 18.2 Å². The highest BCUT2D eigenvalue weighted by molar-refractivity contribution is 6.31. The summed E-state index contributed by atoms with van der Waals surface area (Å²) in [6, 6.07) is 15.5. The van der Waals surface area contributed by atoms with E-state index in [1.165, 1.54) is 34.1 Å². The predicted octanol–water partition coefficient (Wildman–Crippen LogP) is 7.48. The molecule has 1 fully saturated rings. The molecule has 3 aromatic rings. The Hall–Kier alpha value is -3.47. The zero-order chi connectivity index (χ0) is 27.8. The summed E-state index contributed by atoms with van der Waals surface area (Å²) >= 11 is 12.1. The Morgan fingerprint density at radius 3 is 2.29 bits per heavy atom. The second-order valence-corrected chi connectivity index (χ2v) is 10.1. The molecule has 12 heteroatoms. The topological polar surface area (TPSA) is 76.1 Å². The number of benzene rings is 3. The van der Waals surface area contributed by atoms with Crippen molar-refractivity contribution in [1.82, 2.24) is 9.96 Å². The molecule has 1 aliphatic rings. The third-order valence-corrected chi connectivity index (χ3v) is 6.68. The molecule has 1 saturated heterocycles. The molecule has 0 unspecified atom stereocenters. The van der Waals surface area contributed by atoms with Crippen molar-refractivity contribution in [2.45, 2.75) is 38.3 Å². The lowest BCUT2D eigenvalue weighted by molar-refractivity contribution is -0.137. The molecule has 1 aliphatic heterocycles. The van der Waals surface area contributed by atoms with Crippen molar-refractivity contribution in [3.8, 4) is 0 Å². The number of nitrogens with one attached hydrogen (secondary N) is 1. The average Bonchev–Trinajstić information content (AvgIpc) is 3.03. The Bertz CT molecular complexity index is 1370. The van der Waals surface area contributed by atoms with Gasteiger partial charge in [-0.25, -0.2) is 9.59 Å². The SMILES string of the molecule is CC1(C)[C@@H](N(O)C(=O)Nc2cccc(Cl)c2)N(c2cccc(Cl)c2)C(=O)N1Cc1cccc(C(F)(F)F)c1. The summed E-state index contributed by atoms with van der Waals surface area (Å²) in [5, 5.41) is 14.7. The zero-order valence-electron chi connectivity index (χ0n) is 20.2. The van der Waals surface area contributed by atoms with Crippen molar-refractivity contribution in [3.63, 3.8) is 0 Å². The molecule has 1 heterocycles. The van der Waals surface area contributed by atoms with Gasteiger partial charge in [0.1, 0.15) is 0 Å². The first-order valence-corrected chi connectivity index (χ1v) is 12.1. The molecule has 0 spiro atoms. The molecule has 2 N–H and O–H groups in total. The fourth-order valence-corrected chi connectivity index (χ4v) is 4.76. The Kier molecular flexibility index (Phi) is 7.51. The van der Waals surface area contributed by atoms with Gasteiger partial charge >= 0.3 is 18.2 Å². The van der Waals surface area contributed by atoms with Crippen molar-refractivity contribution in [2.75, 3.05) is 10.2 Å². The van der Waals surface area contributed by atoms with Crippen LogP contribution < -0.4 is 10.2 Å². The molecule has 7 nitrogen and oxygen atoms in total. The number of amides is 4. The van der Waals surface area contributed by atoms with E-state index in [2.05, 4.69) is 5.32 Å². The van der Waals surface area contributed by atoms with Gasteiger partial charge in [0.05, 0.1) is 11.1 Å². The monoisotopic (exact) mass is 566 g/mol. The summed E-state index contributed by atoms with van der Waals surface area (Å²) in [5.74, 6) is 0. The number of hydroxylamine groups is 2. The van der Waals surface area contributed by atoms with Gasteiger partial charge in [-0.05, 0) is 67.9 Å². The molecule has 4 rings (SSSR count). The summed E-state index contributed by atoms with van der Waals surface area (Å²) < 4.78 is 39.9. The van der Waals surface area contributed by atoms with Gasteiger partial charge in [0.25, 0.3) is 0 Å². The van der Waals surface area contributed by atoms with E-state index in [-0.39, 0.29) is 17.8 Å². The molecule has 38 heavy (non-hydrogen) atoms. The second kappa shape index (κ2) is 10.4. The van der Waals surface area contributed by atoms with Crippen LogP contribution in [0, 0.1) is 0 Å². The number of carbonyl (C=O) groups is 2. The molecule has 0 aromatic heterocycles. The normalized spacial score (nSPS) is 17.1. The van der Waals surface area contributed by atoms with Crippen LogP contribution in [0.3, 0.4) is 0 Å². The number of anilines is 2. The van der Waals surface area contributed by atoms with Crippen LogP contribution in [0.15, 0.2) is 72.8 Å². The van der Waals surface area contributed by atoms with Crippen LogP contribution in [0.2, 0.25) is 10.0 Å². The smallest absolute Gasteiger partial charge is 0.311 e. The molecule has 4 amide bonds. The van der Waals surface area contributed by atoms with E-state index in [1.54, 1.807) is 50.2 Å². The summed E-state index contributed by atoms with van der Waals surface area (Å²) in [7, 11) is 0. The van der Waals surface area contributed by atoms with Crippen LogP contribution in [-0.4, -0.2) is 38.9 Å². The molecular weight excluding hydrogens is 544 g/mol. The first-order chi connectivity index (χ1) is 17.8. The van der Waals surface area contributed by atoms with Gasteiger partial charge in [-0.3, -0.25) is 10.1 Å². The van der Waals surface area contributed by atoms with E-state index in [0.717, 1.165) is 12.1 Å². The van der Waals surface area contributed by atoms with Crippen LogP contribution >= 0.6 is 23.2 Å². The van der Waals surface area contributed by atoms with E-state index in [4.69, 9.17) is 23.2 Å². The number of rotatable bonds is 5. The Labute approximate surface area is 226 Å². The van der Waals surface area contributed by atoms with Crippen LogP contribution in [0.25, 0.3) is 0 Å². The summed E-state index contributed by atoms with van der Waals surface area (Å²) in [4.78, 5) is 29.3. The molecular formula is C26H23Cl2F3N4O3. The number of halogens is 5. The number of carbonyl (C=O) groups excluding carboxylic acids is 2. The highest BCUT2D eigenvalue weighted by Crippen LogP contribution is 2.40. The first kappa shape index (κ1) is 27.6. The van der Waals surface area contributed by atoms with Gasteiger partial charge in [0, 0.05) is 28.0 Å². The lowest BCUT2D eigenvalue weighted by Gasteiger charge is -2.38. The van der Waals surface area contributed by atoms with Gasteiger partial charge in [0.2, 0.25) is 0 Å². The van der Waals surface area contributed by atoms with Gasteiger partial charge in [-0.15, -0.1) is 0 Å². The Morgan fingerprint density at radius 1 is 1.03 bits per heavy atom. The quantitative estimate of drug-likeness (QED) is 0.248. The highest BCUT2D eigenvalue weighted by atomic mass is 35.5. The lowest BCUT2D eigenvalue weighted by atomic mass is 9.98. The second-order valence-electron chi connectivity index (χ2n) is 9.23. The highest BCUT2D eigenvalue weighted by Gasteiger charge is 2.56. The van der Waals surface area contributed by atoms with E-state index in [0.29, 0.717) is 20.8 Å². The number of hydrogen-bond donors (Lipinski definition) is 2. The van der Waals surface area contributed by atoms with Crippen molar-refractivity contribution in [2.24, 2.45) is 0 Å². The maximum atomic E-state index is 13.8. The molecule has 0 aliphatic carbocycles. The summed E-state index contributed by atoms with van der Waals surface area (Å²) in [6.07, 6.45) is -5.85. The minimum atomic E-state index is -4.56. The molecule has 200 valence electrons. The van der Waals surface area contributed by atoms with Crippen molar-refractivity contribution >= 4 is 46.6 Å². The number of urea groups is 2. The van der Waals surface area contributed by atoms with Gasteiger partial charge in [-0.1, -0.05) is 47.5 Å². The van der Waals surface area contributed by atoms with Gasteiger partial charge in [0.15, 0.2) is 6.17 Å². The van der Waals surface area contributed by atoms with Crippen molar-refractivity contribution in [1.29, 1.82) is 0 Å². The maximum absolute atomic E-state index is 13.8. The molecule has 3 aromatic carbocycles. The van der Waals surface area contributed by atoms with Crippen molar-refractivity contribution < 1.29 is 28.0 Å². The van der Waals surface area contributed by atoms with Gasteiger partial charge < -0.3 is 10.2 Å². The van der Waals surface area contributed by atoms with E-state index in [1.807, 2.05) is 0 Å². The van der Waals surface area contributed by atoms with Crippen LogP contribution in [0.5, 0.6) is 0 Å². The third-order valence-electron chi connectivity index (χ3n) is 6.21. The zero-order valence-corrected chi connectivity index (χ0v) is 21.7. The van der Waals surface area contributed by atoms with Crippen LogP contribution in [0.1, 0.15) is 25.0 Å². The lowest BCUT2D eigenvalue weighted by Crippen LogP contribution is -2.58. The average molecular weight is 567 g/mol. The largest absolute Gasteiger partial charge is 0.416 e. The van der Waals surface area contributed by atoms with E-state index >= 15 is 0 Å². The fourth-order valence-electron chi connectivity index (χ4n) is 4.38.